The maximum Gasteiger partial charge on any atom is 0.410 e. The van der Waals surface area contributed by atoms with Crippen molar-refractivity contribution in [2.24, 2.45) is 69.7 Å². The zero-order chi connectivity index (χ0) is 98.2. The number of benzene rings is 6. The topological polar surface area (TPSA) is 656 Å². The third-order valence-corrected chi connectivity index (χ3v) is 25.2. The van der Waals surface area contributed by atoms with E-state index in [9.17, 15) is 56.7 Å². The highest BCUT2D eigenvalue weighted by molar-refractivity contribution is 5.70. The number of esters is 2. The third kappa shape index (κ3) is 30.3. The molecule has 0 spiro atoms. The molecule has 0 aromatic heterocycles. The molecule has 47 nitrogen and oxygen atoms in total. The van der Waals surface area contributed by atoms with E-state index in [1.54, 1.807) is 35.5 Å². The van der Waals surface area contributed by atoms with Gasteiger partial charge in [0.2, 0.25) is 0 Å². The van der Waals surface area contributed by atoms with Gasteiger partial charge in [0.15, 0.2) is 18.9 Å². The van der Waals surface area contributed by atoms with E-state index < -0.39 is 182 Å². The fourth-order valence-electron chi connectivity index (χ4n) is 18.0. The highest BCUT2D eigenvalue weighted by Gasteiger charge is 2.53. The molecule has 47 heteroatoms. The highest BCUT2D eigenvalue weighted by Crippen LogP contribution is 2.45. The first-order chi connectivity index (χ1) is 67.1. The monoisotopic (exact) mass is 1890 g/mol. The standard InChI is InChI=1S/C33H40N10O6.C30H36N10O6.C28H34N10O5/c1-20-26(38-41-35)17-27(39-42-36)31(30(20)47-21(2)44)49-32-25(37-40-34)15-16-28(48-32)29(24-13-14-24)43(18-22-9-5-3-6-10-22)33(45)46-19-23-11-7-4-8-12-23;1-19-25(35-38-32)15-26(36-39-33)28(27(19)44-20(2)41)46-29-24(34-37-31)14-13-23(45-29)17-40(16-21-9-5-3-6-10-21)30(42)43-18-22-11-7-4-8-12-22;1-18-23(33-36-30)14-24(34-37-31)26(25(18)39)43-27-22(32-35-29)13-12-21(42-27)16-38(15-19-8-4-2-5-9-19)28(40)41-17-20-10-6-3-7-11-20/h3-12,20,24-32H,13-19H2,1-2H3;3-12,19,23-29H,13-18H2,1-2H3;2-11,18,21-27,39H,12-17H2,1H3. The van der Waals surface area contributed by atoms with Crippen molar-refractivity contribution in [1.82, 2.24) is 14.7 Å². The summed E-state index contributed by atoms with van der Waals surface area (Å²) in [5, 5.41) is 45.7. The first-order valence-corrected chi connectivity index (χ1v) is 45.4. The van der Waals surface area contributed by atoms with Crippen LogP contribution in [0.5, 0.6) is 0 Å². The second kappa shape index (κ2) is 53.8. The molecule has 4 aliphatic carbocycles. The number of hydrogen-bond acceptors (Lipinski definition) is 26. The number of carbonyl (C=O) groups is 5. The second-order valence-electron chi connectivity index (χ2n) is 34.5. The minimum Gasteiger partial charge on any atom is -0.459 e. The fourth-order valence-corrected chi connectivity index (χ4v) is 18.0. The molecule has 7 aliphatic rings. The van der Waals surface area contributed by atoms with Gasteiger partial charge in [-0.25, -0.2) is 14.4 Å². The summed E-state index contributed by atoms with van der Waals surface area (Å²) in [6.07, 6.45) is -7.84. The predicted octanol–water partition coefficient (Wildman–Crippen LogP) is 20.4. The maximum atomic E-state index is 13.9. The first-order valence-electron chi connectivity index (χ1n) is 45.4. The average Bonchev–Trinajstić information content (AvgIpc) is 1.32. The Morgan fingerprint density at radius 3 is 0.978 bits per heavy atom. The van der Waals surface area contributed by atoms with E-state index >= 15 is 0 Å². The number of carbonyl (C=O) groups excluding carboxylic acids is 5. The number of hydrogen-bond donors (Lipinski definition) is 1. The average molecular weight is 1900 g/mol. The Balaban J connectivity index is 0.000000199. The predicted molar refractivity (Wildman–Crippen MR) is 495 cm³/mol. The van der Waals surface area contributed by atoms with Crippen molar-refractivity contribution in [1.29, 1.82) is 0 Å². The van der Waals surface area contributed by atoms with Crippen LogP contribution >= 0.6 is 0 Å². The Bertz CT molecular complexity index is 5440. The van der Waals surface area contributed by atoms with E-state index in [-0.39, 0.29) is 77.7 Å². The van der Waals surface area contributed by atoms with Crippen molar-refractivity contribution < 1.29 is 81.2 Å². The van der Waals surface area contributed by atoms with Crippen molar-refractivity contribution in [2.75, 3.05) is 13.1 Å². The van der Waals surface area contributed by atoms with E-state index in [1.165, 1.54) is 13.8 Å². The molecule has 138 heavy (non-hydrogen) atoms. The van der Waals surface area contributed by atoms with E-state index in [1.807, 2.05) is 182 Å². The van der Waals surface area contributed by atoms with Crippen LogP contribution in [-0.4, -0.2) is 197 Å². The Kier molecular flexibility index (Phi) is 40.5. The van der Waals surface area contributed by atoms with Crippen LogP contribution in [0, 0.1) is 23.7 Å². The number of amides is 3. The Morgan fingerprint density at radius 1 is 0.348 bits per heavy atom. The molecule has 3 heterocycles. The van der Waals surface area contributed by atoms with Gasteiger partial charge in [0.05, 0.1) is 85.9 Å². The molecule has 3 saturated heterocycles. The van der Waals surface area contributed by atoms with Crippen molar-refractivity contribution in [3.05, 3.63) is 309 Å². The molecule has 25 atom stereocenters. The number of aliphatic hydroxyl groups is 1. The summed E-state index contributed by atoms with van der Waals surface area (Å²) in [6, 6.07) is 49.6. The molecule has 3 aliphatic heterocycles. The van der Waals surface area contributed by atoms with E-state index in [0.717, 1.165) is 46.2 Å². The van der Waals surface area contributed by atoms with Gasteiger partial charge in [0, 0.05) is 108 Å². The summed E-state index contributed by atoms with van der Waals surface area (Å²) in [4.78, 5) is 96.0. The summed E-state index contributed by atoms with van der Waals surface area (Å²) in [6.45, 7) is 9.12. The SMILES string of the molecule is CC(=O)OC1C(C)C(N=[N+]=[N-])CC(N=[N+]=[N-])C1OC1OC(C(C2CC2)N(Cc2ccccc2)C(=O)OCc2ccccc2)CCC1N=[N+]=[N-].CC(=O)OC1C(C)C(N=[N+]=[N-])CC(N=[N+]=[N-])C1OC1OC(CN(Cc2ccccc2)C(=O)OCc2ccccc2)CCC1N=[N+]=[N-].CC1C(N=[N+]=[N-])CC(N=[N+]=[N-])C(OC2OC(CN(Cc3ccccc3)C(=O)OCc3ccccc3)CCC2N=[N+]=[N-])C1O. The van der Waals surface area contributed by atoms with Gasteiger partial charge in [-0.3, -0.25) is 14.5 Å². The lowest BCUT2D eigenvalue weighted by Crippen LogP contribution is -2.58. The van der Waals surface area contributed by atoms with Crippen molar-refractivity contribution in [3.63, 3.8) is 0 Å². The molecule has 0 radical (unpaired) electrons. The van der Waals surface area contributed by atoms with Crippen LogP contribution in [0.4, 0.5) is 14.4 Å². The van der Waals surface area contributed by atoms with E-state index in [4.69, 9.17) is 74.2 Å². The highest BCUT2D eigenvalue weighted by atomic mass is 16.7. The van der Waals surface area contributed by atoms with Crippen molar-refractivity contribution in [2.45, 2.75) is 279 Å². The summed E-state index contributed by atoms with van der Waals surface area (Å²) >= 11 is 0. The molecule has 6 aromatic rings. The molecular formula is C91H110N30O17. The van der Waals surface area contributed by atoms with E-state index in [0.29, 0.717) is 38.5 Å². The lowest BCUT2D eigenvalue weighted by Gasteiger charge is -2.46. The maximum absolute atomic E-state index is 13.9. The molecule has 3 amide bonds. The van der Waals surface area contributed by atoms with Gasteiger partial charge >= 0.3 is 30.2 Å². The fraction of sp³-hybridized carbons (Fsp3) is 0.549. The van der Waals surface area contributed by atoms with Gasteiger partial charge in [-0.15, -0.1) is 0 Å². The molecular weight excluding hydrogens is 1790 g/mol. The Hall–Kier alpha value is -14.4. The van der Waals surface area contributed by atoms with Gasteiger partial charge < -0.3 is 67.0 Å². The quantitative estimate of drug-likeness (QED) is 0.0125. The van der Waals surface area contributed by atoms with Crippen LogP contribution in [0.1, 0.15) is 139 Å². The lowest BCUT2D eigenvalue weighted by molar-refractivity contribution is -0.259. The van der Waals surface area contributed by atoms with Crippen LogP contribution in [0.2, 0.25) is 0 Å². The number of aliphatic hydroxyl groups excluding tert-OH is 1. The second-order valence-corrected chi connectivity index (χ2v) is 34.5. The number of rotatable bonds is 36. The number of nitrogens with zero attached hydrogens (tertiary/aromatic N) is 30. The smallest absolute Gasteiger partial charge is 0.410 e. The molecule has 7 fully saturated rings. The van der Waals surface area contributed by atoms with Gasteiger partial charge in [-0.05, 0) is 166 Å². The molecule has 726 valence electrons. The van der Waals surface area contributed by atoms with Crippen LogP contribution < -0.4 is 0 Å². The number of azide groups is 9. The van der Waals surface area contributed by atoms with Gasteiger partial charge in [-0.2, -0.15) is 0 Å². The van der Waals surface area contributed by atoms with Gasteiger partial charge in [-0.1, -0.05) is 249 Å². The summed E-state index contributed by atoms with van der Waals surface area (Å²) in [5.74, 6) is -2.55. The van der Waals surface area contributed by atoms with Crippen LogP contribution in [0.3, 0.4) is 0 Å². The summed E-state index contributed by atoms with van der Waals surface area (Å²) in [7, 11) is 0. The summed E-state index contributed by atoms with van der Waals surface area (Å²) < 4.78 is 66.7. The zero-order valence-corrected chi connectivity index (χ0v) is 76.7. The first kappa shape index (κ1) is 104. The molecule has 13 rings (SSSR count). The van der Waals surface area contributed by atoms with E-state index in [2.05, 4.69) is 90.2 Å². The third-order valence-electron chi connectivity index (χ3n) is 25.2. The molecule has 4 saturated carbocycles. The molecule has 1 N–H and O–H groups in total. The normalized spacial score (nSPS) is 27.9. The van der Waals surface area contributed by atoms with Crippen LogP contribution in [0.15, 0.2) is 228 Å². The molecule has 0 bridgehead atoms. The van der Waals surface area contributed by atoms with Gasteiger partial charge in [0.25, 0.3) is 0 Å². The molecule has 6 aromatic carbocycles. The number of ether oxygens (including phenoxy) is 11. The van der Waals surface area contributed by atoms with Crippen molar-refractivity contribution >= 4 is 30.2 Å². The largest absolute Gasteiger partial charge is 0.459 e. The molecule has 25 unspecified atom stereocenters. The van der Waals surface area contributed by atoms with Crippen LogP contribution in [0.25, 0.3) is 94.0 Å². The Labute approximate surface area is 793 Å². The van der Waals surface area contributed by atoms with Gasteiger partial charge in [0.1, 0.15) is 44.2 Å². The minimum absolute atomic E-state index is 0.0935. The summed E-state index contributed by atoms with van der Waals surface area (Å²) in [5.41, 5.74) is 88.2. The van der Waals surface area contributed by atoms with Crippen molar-refractivity contribution in [3.8, 4) is 0 Å². The lowest BCUT2D eigenvalue weighted by atomic mass is 9.79. The Morgan fingerprint density at radius 2 is 0.638 bits per heavy atom. The van der Waals surface area contributed by atoms with Crippen LogP contribution in [-0.2, 0) is 101 Å². The zero-order valence-electron chi connectivity index (χ0n) is 76.7. The minimum atomic E-state index is -1.15.